The van der Waals surface area contributed by atoms with E-state index in [1.54, 1.807) is 46.9 Å². The number of anilines is 4. The van der Waals surface area contributed by atoms with Crippen molar-refractivity contribution in [3.05, 3.63) is 156 Å². The standard InChI is InChI=1S/C23H21N3OS.C21H17N3OS.C2H4O2/c1-15-4-13-20-21(14-15)28-23(25-20)17-5-9-18(10-6-17)24-22(27)16-7-11-19(12-8-16)26(2)3;1-13-2-11-18-19(12-13)26-21(24-18)15-5-9-17(10-6-15)23-20(25)14-3-7-16(22)8-4-14;1-2(3)4/h4-14H,1-3H3,(H,24,27);2-12H,22H2,1H3,(H,23,25);1H3,(H,3,4). The van der Waals surface area contributed by atoms with Crippen LogP contribution in [0.25, 0.3) is 41.6 Å². The molecule has 58 heavy (non-hydrogen) atoms. The predicted octanol–water partition coefficient (Wildman–Crippen LogP) is 10.8. The molecule has 0 aliphatic heterocycles. The van der Waals surface area contributed by atoms with E-state index in [2.05, 4.69) is 59.8 Å². The lowest BCUT2D eigenvalue weighted by Gasteiger charge is -2.12. The van der Waals surface area contributed by atoms with Crippen molar-refractivity contribution in [1.82, 2.24) is 9.97 Å². The molecule has 12 heteroatoms. The average Bonchev–Trinajstić information content (AvgIpc) is 3.83. The minimum absolute atomic E-state index is 0.117. The third-order valence-electron chi connectivity index (χ3n) is 8.69. The van der Waals surface area contributed by atoms with E-state index in [1.165, 1.54) is 20.5 Å². The summed E-state index contributed by atoms with van der Waals surface area (Å²) in [4.78, 5) is 45.1. The minimum atomic E-state index is -0.833. The van der Waals surface area contributed by atoms with E-state index in [1.807, 2.05) is 97.9 Å². The SMILES string of the molecule is CC(=O)O.Cc1ccc2nc(-c3ccc(NC(=O)c4ccc(N(C)C)cc4)cc3)sc2c1.Cc1ccc2nc(-c3ccc(NC(=O)c4ccc(N)cc4)cc3)sc2c1. The Morgan fingerprint density at radius 2 is 0.966 bits per heavy atom. The van der Waals surface area contributed by atoms with Gasteiger partial charge in [0, 0.05) is 66.0 Å². The van der Waals surface area contributed by atoms with Crippen LogP contribution in [-0.2, 0) is 4.79 Å². The van der Waals surface area contributed by atoms with Gasteiger partial charge in [-0.1, -0.05) is 12.1 Å². The summed E-state index contributed by atoms with van der Waals surface area (Å²) in [5, 5.41) is 15.2. The van der Waals surface area contributed by atoms with Crippen LogP contribution < -0.4 is 21.3 Å². The van der Waals surface area contributed by atoms with Crippen LogP contribution >= 0.6 is 22.7 Å². The zero-order chi connectivity index (χ0) is 41.3. The molecule has 0 fully saturated rings. The summed E-state index contributed by atoms with van der Waals surface area (Å²) < 4.78 is 2.37. The molecule has 0 saturated carbocycles. The van der Waals surface area contributed by atoms with Crippen molar-refractivity contribution in [3.8, 4) is 21.1 Å². The Bertz CT molecular complexity index is 2680. The largest absolute Gasteiger partial charge is 0.481 e. The number of carbonyl (C=O) groups is 3. The van der Waals surface area contributed by atoms with Crippen LogP contribution in [0.3, 0.4) is 0 Å². The summed E-state index contributed by atoms with van der Waals surface area (Å²) in [5.74, 6) is -1.11. The van der Waals surface area contributed by atoms with Crippen molar-refractivity contribution in [2.75, 3.05) is 35.4 Å². The Hall–Kier alpha value is -6.89. The number of hydrogen-bond donors (Lipinski definition) is 4. The van der Waals surface area contributed by atoms with Crippen LogP contribution in [0.5, 0.6) is 0 Å². The Balaban J connectivity index is 0.000000180. The maximum absolute atomic E-state index is 12.5. The van der Waals surface area contributed by atoms with Crippen LogP contribution in [-0.4, -0.2) is 47.0 Å². The molecule has 0 aliphatic rings. The summed E-state index contributed by atoms with van der Waals surface area (Å²) in [6, 6.07) is 42.5. The third-order valence-corrected chi connectivity index (χ3v) is 10.8. The molecule has 2 heterocycles. The molecule has 0 unspecified atom stereocenters. The number of amides is 2. The highest BCUT2D eigenvalue weighted by atomic mass is 32.1. The van der Waals surface area contributed by atoms with Crippen molar-refractivity contribution < 1.29 is 19.5 Å². The van der Waals surface area contributed by atoms with Crippen molar-refractivity contribution >= 4 is 83.6 Å². The second-order valence-electron chi connectivity index (χ2n) is 13.6. The molecule has 0 saturated heterocycles. The highest BCUT2D eigenvalue weighted by molar-refractivity contribution is 7.22. The number of carboxylic acids is 1. The first-order chi connectivity index (χ1) is 27.8. The second-order valence-corrected chi connectivity index (χ2v) is 15.7. The summed E-state index contributed by atoms with van der Waals surface area (Å²) >= 11 is 3.35. The highest BCUT2D eigenvalue weighted by Crippen LogP contribution is 2.33. The van der Waals surface area contributed by atoms with E-state index in [4.69, 9.17) is 20.6 Å². The molecule has 0 radical (unpaired) electrons. The van der Waals surface area contributed by atoms with Crippen molar-refractivity contribution in [3.63, 3.8) is 0 Å². The van der Waals surface area contributed by atoms with Crippen molar-refractivity contribution in [1.29, 1.82) is 0 Å². The van der Waals surface area contributed by atoms with E-state index in [9.17, 15) is 9.59 Å². The number of aromatic nitrogens is 2. The first-order valence-corrected chi connectivity index (χ1v) is 19.8. The second kappa shape index (κ2) is 18.4. The minimum Gasteiger partial charge on any atom is -0.481 e. The Morgan fingerprint density at radius 1 is 0.586 bits per heavy atom. The van der Waals surface area contributed by atoms with E-state index < -0.39 is 5.97 Å². The molecule has 0 aliphatic carbocycles. The molecular weight excluding hydrogens is 765 g/mol. The van der Waals surface area contributed by atoms with Gasteiger partial charge in [0.15, 0.2) is 0 Å². The normalized spacial score (nSPS) is 10.5. The number of thiazole rings is 2. The summed E-state index contributed by atoms with van der Waals surface area (Å²) in [6.45, 7) is 5.25. The van der Waals surface area contributed by atoms with Crippen LogP contribution in [0, 0.1) is 13.8 Å². The molecule has 10 nitrogen and oxygen atoms in total. The van der Waals surface area contributed by atoms with Gasteiger partial charge in [-0.05, 0) is 146 Å². The molecule has 6 aromatic carbocycles. The lowest BCUT2D eigenvalue weighted by molar-refractivity contribution is -0.134. The van der Waals surface area contributed by atoms with E-state index in [0.29, 0.717) is 16.8 Å². The number of nitrogens with one attached hydrogen (secondary N) is 2. The van der Waals surface area contributed by atoms with Gasteiger partial charge in [0.05, 0.1) is 20.4 Å². The molecule has 292 valence electrons. The van der Waals surface area contributed by atoms with Crippen LogP contribution in [0.15, 0.2) is 133 Å². The Kier molecular flexibility index (Phi) is 12.9. The van der Waals surface area contributed by atoms with Gasteiger partial charge >= 0.3 is 0 Å². The molecule has 8 rings (SSSR count). The zero-order valence-corrected chi connectivity index (χ0v) is 34.2. The molecule has 2 amide bonds. The van der Waals surface area contributed by atoms with Crippen molar-refractivity contribution in [2.24, 2.45) is 0 Å². The molecular formula is C46H42N6O4S2. The lowest BCUT2D eigenvalue weighted by atomic mass is 10.1. The first-order valence-electron chi connectivity index (χ1n) is 18.2. The summed E-state index contributed by atoms with van der Waals surface area (Å²) in [6.07, 6.45) is 0. The smallest absolute Gasteiger partial charge is 0.300 e. The van der Waals surface area contributed by atoms with E-state index >= 15 is 0 Å². The van der Waals surface area contributed by atoms with Gasteiger partial charge in [0.1, 0.15) is 10.0 Å². The predicted molar refractivity (Wildman–Crippen MR) is 240 cm³/mol. The fourth-order valence-corrected chi connectivity index (χ4v) is 7.79. The lowest BCUT2D eigenvalue weighted by Crippen LogP contribution is -2.13. The van der Waals surface area contributed by atoms with Crippen molar-refractivity contribution in [2.45, 2.75) is 20.8 Å². The Labute approximate surface area is 344 Å². The van der Waals surface area contributed by atoms with Crippen LogP contribution in [0.2, 0.25) is 0 Å². The van der Waals surface area contributed by atoms with Gasteiger partial charge < -0.3 is 26.4 Å². The topological polar surface area (TPSA) is 151 Å². The number of aryl methyl sites for hydroxylation is 2. The number of carboxylic acid groups (broad SMARTS) is 1. The first kappa shape index (κ1) is 40.8. The molecule has 0 atom stereocenters. The molecule has 5 N–H and O–H groups in total. The van der Waals surface area contributed by atoms with Gasteiger partial charge in [-0.3, -0.25) is 14.4 Å². The number of nitrogens with two attached hydrogens (primary N) is 1. The molecule has 8 aromatic rings. The number of rotatable bonds is 7. The number of aliphatic carboxylic acids is 1. The fraction of sp³-hybridized carbons (Fsp3) is 0.109. The van der Waals surface area contributed by atoms with Crippen LogP contribution in [0.1, 0.15) is 38.8 Å². The molecule has 2 aromatic heterocycles. The Morgan fingerprint density at radius 3 is 1.34 bits per heavy atom. The highest BCUT2D eigenvalue weighted by Gasteiger charge is 2.11. The average molecular weight is 807 g/mol. The quantitative estimate of drug-likeness (QED) is 0.116. The number of hydrogen-bond acceptors (Lipinski definition) is 9. The molecule has 0 spiro atoms. The van der Waals surface area contributed by atoms with Gasteiger partial charge in [0.2, 0.25) is 0 Å². The molecule has 0 bridgehead atoms. The number of nitrogens with zero attached hydrogens (tertiary/aromatic N) is 3. The van der Waals surface area contributed by atoms with Gasteiger partial charge in [-0.2, -0.15) is 0 Å². The fourth-order valence-electron chi connectivity index (χ4n) is 5.65. The number of benzene rings is 6. The van der Waals surface area contributed by atoms with Gasteiger partial charge in [0.25, 0.3) is 17.8 Å². The van der Waals surface area contributed by atoms with E-state index in [-0.39, 0.29) is 11.8 Å². The number of carbonyl (C=O) groups excluding carboxylic acids is 2. The van der Waals surface area contributed by atoms with Crippen LogP contribution in [0.4, 0.5) is 22.7 Å². The maximum atomic E-state index is 12.5. The van der Waals surface area contributed by atoms with E-state index in [0.717, 1.165) is 56.2 Å². The van der Waals surface area contributed by atoms with Gasteiger partial charge in [-0.25, -0.2) is 9.97 Å². The summed E-state index contributed by atoms with van der Waals surface area (Å²) in [7, 11) is 3.95. The maximum Gasteiger partial charge on any atom is 0.300 e. The summed E-state index contributed by atoms with van der Waals surface area (Å²) in [5.41, 5.74) is 16.6. The zero-order valence-electron chi connectivity index (χ0n) is 32.6. The van der Waals surface area contributed by atoms with Gasteiger partial charge in [-0.15, -0.1) is 22.7 Å². The monoisotopic (exact) mass is 806 g/mol. The number of nitrogen functional groups attached to an aromatic ring is 1. The number of fused-ring (bicyclic) bond motifs is 2. The third kappa shape index (κ3) is 10.7.